The fourth-order valence-corrected chi connectivity index (χ4v) is 2.74. The molecule has 0 spiro atoms. The highest BCUT2D eigenvalue weighted by Crippen LogP contribution is 2.23. The van der Waals surface area contributed by atoms with E-state index in [-0.39, 0.29) is 17.0 Å². The number of para-hydroxylation sites is 1. The molecule has 110 valence electrons. The summed E-state index contributed by atoms with van der Waals surface area (Å²) in [6.45, 7) is 1.82. The van der Waals surface area contributed by atoms with E-state index in [1.165, 1.54) is 23.9 Å². The molecule has 2 rings (SSSR count). The van der Waals surface area contributed by atoms with Crippen LogP contribution >= 0.6 is 23.4 Å². The van der Waals surface area contributed by atoms with Crippen LogP contribution in [0.5, 0.6) is 0 Å². The molecule has 0 heterocycles. The summed E-state index contributed by atoms with van der Waals surface area (Å²) in [6.07, 6.45) is 0. The first-order chi connectivity index (χ1) is 10.1. The Hall–Kier alpha value is -1.52. The fourth-order valence-electron chi connectivity index (χ4n) is 1.72. The summed E-state index contributed by atoms with van der Waals surface area (Å²) in [5, 5.41) is 3.04. The molecule has 1 unspecified atom stereocenters. The van der Waals surface area contributed by atoms with Gasteiger partial charge in [0.15, 0.2) is 0 Å². The van der Waals surface area contributed by atoms with Crippen molar-refractivity contribution in [1.82, 2.24) is 0 Å². The lowest BCUT2D eigenvalue weighted by Gasteiger charge is -2.13. The highest BCUT2D eigenvalue weighted by Gasteiger charge is 2.14. The van der Waals surface area contributed by atoms with Crippen molar-refractivity contribution in [3.8, 4) is 0 Å². The Bertz CT molecular complexity index is 635. The molecule has 2 aromatic carbocycles. The summed E-state index contributed by atoms with van der Waals surface area (Å²) >= 11 is 7.45. The van der Waals surface area contributed by atoms with Crippen molar-refractivity contribution in [2.24, 2.45) is 0 Å². The topological polar surface area (TPSA) is 29.1 Å². The summed E-state index contributed by atoms with van der Waals surface area (Å²) in [5.41, 5.74) is 1.46. The molecule has 0 aliphatic rings. The second-order valence-corrected chi connectivity index (χ2v) is 6.29. The largest absolute Gasteiger partial charge is 0.324 e. The maximum absolute atomic E-state index is 13.1. The van der Waals surface area contributed by atoms with Crippen molar-refractivity contribution in [2.75, 3.05) is 5.32 Å². The van der Waals surface area contributed by atoms with Crippen molar-refractivity contribution < 1.29 is 9.18 Å². The van der Waals surface area contributed by atoms with Crippen LogP contribution < -0.4 is 5.32 Å². The summed E-state index contributed by atoms with van der Waals surface area (Å²) < 4.78 is 13.1. The molecule has 0 aliphatic carbocycles. The lowest BCUT2D eigenvalue weighted by molar-refractivity contribution is -0.115. The Morgan fingerprint density at radius 3 is 2.76 bits per heavy atom. The summed E-state index contributed by atoms with van der Waals surface area (Å²) in [5.74, 6) is 0.195. The quantitative estimate of drug-likeness (QED) is 0.861. The van der Waals surface area contributed by atoms with Crippen LogP contribution in [0.4, 0.5) is 10.1 Å². The number of hydrogen-bond acceptors (Lipinski definition) is 2. The number of rotatable bonds is 5. The molecule has 21 heavy (non-hydrogen) atoms. The van der Waals surface area contributed by atoms with Crippen LogP contribution in [0, 0.1) is 5.82 Å². The normalized spacial score (nSPS) is 12.0. The van der Waals surface area contributed by atoms with Crippen molar-refractivity contribution >= 4 is 35.0 Å². The molecule has 0 aliphatic heterocycles. The lowest BCUT2D eigenvalue weighted by Crippen LogP contribution is -2.22. The van der Waals surface area contributed by atoms with E-state index in [9.17, 15) is 9.18 Å². The Kier molecular flexibility index (Phi) is 5.65. The summed E-state index contributed by atoms with van der Waals surface area (Å²) in [7, 11) is 0. The number of carbonyl (C=O) groups is 1. The third-order valence-electron chi connectivity index (χ3n) is 2.89. The summed E-state index contributed by atoms with van der Waals surface area (Å²) in [6, 6.07) is 13.5. The van der Waals surface area contributed by atoms with Gasteiger partial charge in [0, 0.05) is 5.75 Å². The molecule has 0 saturated heterocycles. The third kappa shape index (κ3) is 4.76. The van der Waals surface area contributed by atoms with E-state index in [1.807, 2.05) is 19.1 Å². The standard InChI is InChI=1S/C16H15ClFNOS/c1-11(21-10-12-5-4-6-13(18)9-12)16(20)19-15-8-3-2-7-14(15)17/h2-9,11H,10H2,1H3,(H,19,20). The predicted octanol–water partition coefficient (Wildman–Crippen LogP) is 4.74. The smallest absolute Gasteiger partial charge is 0.237 e. The van der Waals surface area contributed by atoms with E-state index >= 15 is 0 Å². The maximum atomic E-state index is 13.1. The lowest BCUT2D eigenvalue weighted by atomic mass is 10.2. The van der Waals surface area contributed by atoms with Gasteiger partial charge >= 0.3 is 0 Å². The molecular formula is C16H15ClFNOS. The van der Waals surface area contributed by atoms with Crippen LogP contribution in [0.25, 0.3) is 0 Å². The van der Waals surface area contributed by atoms with E-state index < -0.39 is 0 Å². The molecule has 0 fully saturated rings. The minimum atomic E-state index is -0.263. The van der Waals surface area contributed by atoms with Gasteiger partial charge in [0.2, 0.25) is 5.91 Å². The molecule has 1 amide bonds. The van der Waals surface area contributed by atoms with Gasteiger partial charge in [-0.15, -0.1) is 11.8 Å². The van der Waals surface area contributed by atoms with Crippen molar-refractivity contribution in [2.45, 2.75) is 17.9 Å². The highest BCUT2D eigenvalue weighted by molar-refractivity contribution is 7.99. The number of carbonyl (C=O) groups excluding carboxylic acids is 1. The van der Waals surface area contributed by atoms with Gasteiger partial charge in [-0.1, -0.05) is 35.9 Å². The van der Waals surface area contributed by atoms with E-state index in [4.69, 9.17) is 11.6 Å². The number of thioether (sulfide) groups is 1. The summed E-state index contributed by atoms with van der Waals surface area (Å²) in [4.78, 5) is 12.1. The zero-order valence-electron chi connectivity index (χ0n) is 11.5. The molecule has 0 radical (unpaired) electrons. The number of halogens is 2. The van der Waals surface area contributed by atoms with Gasteiger partial charge in [0.25, 0.3) is 0 Å². The molecule has 2 nitrogen and oxygen atoms in total. The van der Waals surface area contributed by atoms with Crippen LogP contribution in [0.1, 0.15) is 12.5 Å². The minimum Gasteiger partial charge on any atom is -0.324 e. The monoisotopic (exact) mass is 323 g/mol. The molecule has 0 bridgehead atoms. The number of benzene rings is 2. The Labute approximate surface area is 132 Å². The van der Waals surface area contributed by atoms with E-state index in [0.29, 0.717) is 16.5 Å². The van der Waals surface area contributed by atoms with Crippen molar-refractivity contribution in [1.29, 1.82) is 0 Å². The van der Waals surface area contributed by atoms with Gasteiger partial charge in [-0.05, 0) is 36.8 Å². The Morgan fingerprint density at radius 2 is 2.05 bits per heavy atom. The van der Waals surface area contributed by atoms with Crippen LogP contribution in [0.2, 0.25) is 5.02 Å². The molecule has 5 heteroatoms. The molecule has 0 aromatic heterocycles. The zero-order chi connectivity index (χ0) is 15.2. The zero-order valence-corrected chi connectivity index (χ0v) is 13.0. The highest BCUT2D eigenvalue weighted by atomic mass is 35.5. The number of anilines is 1. The van der Waals surface area contributed by atoms with E-state index in [2.05, 4.69) is 5.32 Å². The molecule has 0 saturated carbocycles. The molecule has 1 N–H and O–H groups in total. The second kappa shape index (κ2) is 7.48. The number of nitrogens with one attached hydrogen (secondary N) is 1. The van der Waals surface area contributed by atoms with E-state index in [0.717, 1.165) is 5.56 Å². The first-order valence-electron chi connectivity index (χ1n) is 6.47. The van der Waals surface area contributed by atoms with Gasteiger partial charge in [0.05, 0.1) is 16.0 Å². The number of hydrogen-bond donors (Lipinski definition) is 1. The van der Waals surface area contributed by atoms with Crippen molar-refractivity contribution in [3.05, 3.63) is 64.9 Å². The predicted molar refractivity (Wildman–Crippen MR) is 87.2 cm³/mol. The van der Waals surface area contributed by atoms with Gasteiger partial charge in [-0.2, -0.15) is 0 Å². The van der Waals surface area contributed by atoms with Crippen LogP contribution in [-0.2, 0) is 10.5 Å². The Balaban J connectivity index is 1.90. The van der Waals surface area contributed by atoms with Crippen molar-refractivity contribution in [3.63, 3.8) is 0 Å². The maximum Gasteiger partial charge on any atom is 0.237 e. The molecule has 1 atom stereocenters. The first kappa shape index (κ1) is 15.9. The van der Waals surface area contributed by atoms with Crippen LogP contribution in [0.3, 0.4) is 0 Å². The van der Waals surface area contributed by atoms with Gasteiger partial charge in [-0.3, -0.25) is 4.79 Å². The third-order valence-corrected chi connectivity index (χ3v) is 4.43. The average molecular weight is 324 g/mol. The second-order valence-electron chi connectivity index (χ2n) is 4.55. The molecular weight excluding hydrogens is 309 g/mol. The van der Waals surface area contributed by atoms with Gasteiger partial charge < -0.3 is 5.32 Å². The van der Waals surface area contributed by atoms with E-state index in [1.54, 1.807) is 24.3 Å². The SMILES string of the molecule is CC(SCc1cccc(F)c1)C(=O)Nc1ccccc1Cl. The molecule has 2 aromatic rings. The first-order valence-corrected chi connectivity index (χ1v) is 7.90. The minimum absolute atomic E-state index is 0.121. The Morgan fingerprint density at radius 1 is 1.29 bits per heavy atom. The van der Waals surface area contributed by atoms with Crippen LogP contribution in [-0.4, -0.2) is 11.2 Å². The number of amides is 1. The average Bonchev–Trinajstić information content (AvgIpc) is 2.47. The van der Waals surface area contributed by atoms with Gasteiger partial charge in [0.1, 0.15) is 5.82 Å². The van der Waals surface area contributed by atoms with Crippen LogP contribution in [0.15, 0.2) is 48.5 Å². The fraction of sp³-hybridized carbons (Fsp3) is 0.188. The van der Waals surface area contributed by atoms with Gasteiger partial charge in [-0.25, -0.2) is 4.39 Å².